The number of alkyl halides is 1. The van der Waals surface area contributed by atoms with E-state index in [1.54, 1.807) is 7.11 Å². The van der Waals surface area contributed by atoms with Crippen molar-refractivity contribution in [2.45, 2.75) is 25.2 Å². The van der Waals surface area contributed by atoms with Gasteiger partial charge in [0.2, 0.25) is 10.0 Å². The Hall–Kier alpha value is -1.18. The number of methoxy groups -OCH3 is 1. The summed E-state index contributed by atoms with van der Waals surface area (Å²) in [5.41, 5.74) is -0.540. The third kappa shape index (κ3) is 4.39. The molecular formula is C14H21FN2O3S. The van der Waals surface area contributed by atoms with Gasteiger partial charge in [-0.2, -0.15) is 0 Å². The number of halogens is 1. The zero-order valence-electron chi connectivity index (χ0n) is 12.5. The van der Waals surface area contributed by atoms with E-state index in [0.717, 1.165) is 17.6 Å². The lowest BCUT2D eigenvalue weighted by molar-refractivity contribution is 0.167. The third-order valence-electron chi connectivity index (χ3n) is 3.62. The van der Waals surface area contributed by atoms with Crippen LogP contribution in [0.1, 0.15) is 12.5 Å². The molecule has 1 saturated heterocycles. The van der Waals surface area contributed by atoms with Gasteiger partial charge in [0.25, 0.3) is 0 Å². The fraction of sp³-hybridized carbons (Fsp3) is 0.571. The van der Waals surface area contributed by atoms with Crippen LogP contribution in [0.3, 0.4) is 0 Å². The van der Waals surface area contributed by atoms with Gasteiger partial charge in [0, 0.05) is 19.6 Å². The summed E-state index contributed by atoms with van der Waals surface area (Å²) < 4.78 is 44.6. The maximum Gasteiger partial charge on any atom is 0.209 e. The summed E-state index contributed by atoms with van der Waals surface area (Å²) in [7, 11) is -1.81. The van der Waals surface area contributed by atoms with Gasteiger partial charge in [-0.15, -0.1) is 0 Å². The van der Waals surface area contributed by atoms with Crippen molar-refractivity contribution in [3.63, 3.8) is 0 Å². The minimum absolute atomic E-state index is 0.201. The summed E-state index contributed by atoms with van der Waals surface area (Å²) in [5, 5.41) is 0. The number of hydrogen-bond donors (Lipinski definition) is 1. The maximum atomic E-state index is 14.5. The zero-order valence-corrected chi connectivity index (χ0v) is 13.3. The Morgan fingerprint density at radius 2 is 2.05 bits per heavy atom. The SMILES string of the molecule is COc1ccc(CN2C[C@@H](NS(C)(=O)=O)[C@@](C)(F)C2)cc1. The predicted octanol–water partition coefficient (Wildman–Crippen LogP) is 1.16. The van der Waals surface area contributed by atoms with Crippen LogP contribution in [0.5, 0.6) is 5.75 Å². The molecule has 0 aliphatic carbocycles. The average molecular weight is 316 g/mol. The number of benzene rings is 1. The molecule has 7 heteroatoms. The first-order valence-electron chi connectivity index (χ1n) is 6.71. The number of nitrogens with zero attached hydrogens (tertiary/aromatic N) is 1. The van der Waals surface area contributed by atoms with Gasteiger partial charge in [-0.05, 0) is 24.6 Å². The second-order valence-electron chi connectivity index (χ2n) is 5.74. The molecule has 5 nitrogen and oxygen atoms in total. The van der Waals surface area contributed by atoms with E-state index in [-0.39, 0.29) is 6.54 Å². The molecule has 1 aromatic rings. The van der Waals surface area contributed by atoms with Gasteiger partial charge in [-0.1, -0.05) is 12.1 Å². The topological polar surface area (TPSA) is 58.6 Å². The highest BCUT2D eigenvalue weighted by Gasteiger charge is 2.44. The Kier molecular flexibility index (Phi) is 4.55. The Morgan fingerprint density at radius 1 is 1.43 bits per heavy atom. The van der Waals surface area contributed by atoms with Crippen molar-refractivity contribution in [1.82, 2.24) is 9.62 Å². The third-order valence-corrected chi connectivity index (χ3v) is 4.33. The molecular weight excluding hydrogens is 295 g/mol. The van der Waals surface area contributed by atoms with Crippen LogP contribution in [0, 0.1) is 0 Å². The van der Waals surface area contributed by atoms with Crippen LogP contribution in [0.25, 0.3) is 0 Å². The molecule has 1 N–H and O–H groups in total. The van der Waals surface area contributed by atoms with Crippen LogP contribution in [-0.4, -0.2) is 51.5 Å². The lowest BCUT2D eigenvalue weighted by Gasteiger charge is -2.21. The number of ether oxygens (including phenoxy) is 1. The largest absolute Gasteiger partial charge is 0.497 e. The van der Waals surface area contributed by atoms with E-state index in [0.29, 0.717) is 13.1 Å². The van der Waals surface area contributed by atoms with Gasteiger partial charge >= 0.3 is 0 Å². The number of nitrogens with one attached hydrogen (secondary N) is 1. The molecule has 0 amide bonds. The Morgan fingerprint density at radius 3 is 2.57 bits per heavy atom. The normalized spacial score (nSPS) is 27.0. The fourth-order valence-electron chi connectivity index (χ4n) is 2.59. The first-order valence-corrected chi connectivity index (χ1v) is 8.60. The second-order valence-corrected chi connectivity index (χ2v) is 7.52. The van der Waals surface area contributed by atoms with E-state index in [9.17, 15) is 12.8 Å². The number of hydrogen-bond acceptors (Lipinski definition) is 4. The summed E-state index contributed by atoms with van der Waals surface area (Å²) in [6.45, 7) is 2.56. The summed E-state index contributed by atoms with van der Waals surface area (Å²) in [4.78, 5) is 1.91. The average Bonchev–Trinajstić information content (AvgIpc) is 2.62. The zero-order chi connectivity index (χ0) is 15.7. The quantitative estimate of drug-likeness (QED) is 0.885. The summed E-state index contributed by atoms with van der Waals surface area (Å²) >= 11 is 0. The molecule has 0 aromatic heterocycles. The van der Waals surface area contributed by atoms with Gasteiger partial charge in [0.1, 0.15) is 11.4 Å². The van der Waals surface area contributed by atoms with Crippen LogP contribution >= 0.6 is 0 Å². The fourth-order valence-corrected chi connectivity index (χ4v) is 3.43. The summed E-state index contributed by atoms with van der Waals surface area (Å²) in [6, 6.07) is 6.83. The lowest BCUT2D eigenvalue weighted by atomic mass is 10.0. The monoisotopic (exact) mass is 316 g/mol. The first kappa shape index (κ1) is 16.2. The van der Waals surface area contributed by atoms with Gasteiger partial charge in [0.15, 0.2) is 0 Å². The molecule has 0 radical (unpaired) electrons. The predicted molar refractivity (Wildman–Crippen MR) is 79.6 cm³/mol. The Labute approximate surface area is 125 Å². The molecule has 2 rings (SSSR count). The molecule has 1 heterocycles. The van der Waals surface area contributed by atoms with E-state index >= 15 is 0 Å². The summed E-state index contributed by atoms with van der Waals surface area (Å²) in [5.74, 6) is 0.770. The highest BCUT2D eigenvalue weighted by molar-refractivity contribution is 7.88. The Bertz CT molecular complexity index is 587. The van der Waals surface area contributed by atoms with Crippen molar-refractivity contribution >= 4 is 10.0 Å². The van der Waals surface area contributed by atoms with Crippen molar-refractivity contribution in [1.29, 1.82) is 0 Å². The minimum atomic E-state index is -3.42. The van der Waals surface area contributed by atoms with Gasteiger partial charge in [-0.3, -0.25) is 4.90 Å². The van der Waals surface area contributed by atoms with Crippen LogP contribution < -0.4 is 9.46 Å². The van der Waals surface area contributed by atoms with Crippen LogP contribution in [0.2, 0.25) is 0 Å². The molecule has 2 atom stereocenters. The van der Waals surface area contributed by atoms with Crippen molar-refractivity contribution in [3.8, 4) is 5.75 Å². The Balaban J connectivity index is 2.02. The number of likely N-dealkylation sites (tertiary alicyclic amines) is 1. The molecule has 0 unspecified atom stereocenters. The minimum Gasteiger partial charge on any atom is -0.497 e. The van der Waals surface area contributed by atoms with E-state index in [1.165, 1.54) is 6.92 Å². The molecule has 0 saturated carbocycles. The molecule has 0 spiro atoms. The van der Waals surface area contributed by atoms with Crippen LogP contribution in [-0.2, 0) is 16.6 Å². The molecule has 21 heavy (non-hydrogen) atoms. The van der Waals surface area contributed by atoms with Crippen LogP contribution in [0.4, 0.5) is 4.39 Å². The highest BCUT2D eigenvalue weighted by Crippen LogP contribution is 2.27. The van der Waals surface area contributed by atoms with E-state index in [1.807, 2.05) is 29.2 Å². The van der Waals surface area contributed by atoms with Crippen molar-refractivity contribution in [3.05, 3.63) is 29.8 Å². The van der Waals surface area contributed by atoms with E-state index in [4.69, 9.17) is 4.74 Å². The molecule has 1 aromatic carbocycles. The molecule has 0 bridgehead atoms. The highest BCUT2D eigenvalue weighted by atomic mass is 32.2. The van der Waals surface area contributed by atoms with E-state index < -0.39 is 21.7 Å². The molecule has 118 valence electrons. The molecule has 1 fully saturated rings. The van der Waals surface area contributed by atoms with Gasteiger partial charge < -0.3 is 4.74 Å². The van der Waals surface area contributed by atoms with Crippen LogP contribution in [0.15, 0.2) is 24.3 Å². The maximum absolute atomic E-state index is 14.5. The lowest BCUT2D eigenvalue weighted by Crippen LogP contribution is -2.46. The summed E-state index contributed by atoms with van der Waals surface area (Å²) in [6.07, 6.45) is 1.05. The second kappa shape index (κ2) is 5.90. The van der Waals surface area contributed by atoms with E-state index in [2.05, 4.69) is 4.72 Å². The number of sulfonamides is 1. The smallest absolute Gasteiger partial charge is 0.209 e. The van der Waals surface area contributed by atoms with Gasteiger partial charge in [0.05, 0.1) is 19.4 Å². The number of rotatable bonds is 5. The van der Waals surface area contributed by atoms with Crippen molar-refractivity contribution in [2.75, 3.05) is 26.5 Å². The van der Waals surface area contributed by atoms with Gasteiger partial charge in [-0.25, -0.2) is 17.5 Å². The standard InChI is InChI=1S/C14H21FN2O3S/c1-14(15)10-17(9-13(14)16-21(3,18)19)8-11-4-6-12(20-2)7-5-11/h4-7,13,16H,8-10H2,1-3H3/t13-,14+/m1/s1. The van der Waals surface area contributed by atoms with Crippen molar-refractivity contribution in [2.24, 2.45) is 0 Å². The van der Waals surface area contributed by atoms with Crippen molar-refractivity contribution < 1.29 is 17.5 Å². The molecule has 1 aliphatic heterocycles. The molecule has 1 aliphatic rings. The first-order chi connectivity index (χ1) is 9.69.